The maximum atomic E-state index is 12.9. The zero-order chi connectivity index (χ0) is 16.5. The molecule has 3 aromatic rings. The Morgan fingerprint density at radius 2 is 2.20 bits per heavy atom. The minimum Gasteiger partial charge on any atom is -0.336 e. The Bertz CT molecular complexity index is 873. The highest BCUT2D eigenvalue weighted by atomic mass is 35.5. The number of halogens is 1. The van der Waals surface area contributed by atoms with Gasteiger partial charge in [-0.3, -0.25) is 9.48 Å². The van der Waals surface area contributed by atoms with Gasteiger partial charge in [-0.25, -0.2) is 4.98 Å². The van der Waals surface area contributed by atoms with E-state index in [0.717, 1.165) is 29.8 Å². The first-order valence-electron chi connectivity index (χ1n) is 8.12. The molecule has 1 aromatic carbocycles. The van der Waals surface area contributed by atoms with Crippen LogP contribution < -0.4 is 5.32 Å². The molecule has 2 aromatic heterocycles. The first-order chi connectivity index (χ1) is 11.7. The topological polar surface area (TPSA) is 68.0 Å². The molecule has 0 aliphatic carbocycles. The average molecular weight is 361 g/mol. The van der Waals surface area contributed by atoms with Crippen molar-refractivity contribution in [3.8, 4) is 0 Å². The molecule has 132 valence electrons. The van der Waals surface area contributed by atoms with Crippen LogP contribution in [0.25, 0.3) is 10.9 Å². The predicted octanol–water partition coefficient (Wildman–Crippen LogP) is 1.36. The van der Waals surface area contributed by atoms with Gasteiger partial charge in [0.15, 0.2) is 0 Å². The van der Waals surface area contributed by atoms with Crippen molar-refractivity contribution < 1.29 is 4.79 Å². The zero-order valence-corrected chi connectivity index (χ0v) is 14.8. The van der Waals surface area contributed by atoms with E-state index in [1.807, 2.05) is 47.0 Å². The number of hydrogen-bond acceptors (Lipinski definition) is 4. The van der Waals surface area contributed by atoms with E-state index in [4.69, 9.17) is 0 Å². The third-order valence-electron chi connectivity index (χ3n) is 4.56. The van der Waals surface area contributed by atoms with Gasteiger partial charge in [0.1, 0.15) is 18.4 Å². The van der Waals surface area contributed by atoms with Crippen LogP contribution in [0, 0.1) is 0 Å². The third kappa shape index (κ3) is 3.25. The van der Waals surface area contributed by atoms with E-state index in [2.05, 4.69) is 15.4 Å². The van der Waals surface area contributed by atoms with Gasteiger partial charge in [-0.2, -0.15) is 5.10 Å². The molecule has 7 nitrogen and oxygen atoms in total. The predicted molar refractivity (Wildman–Crippen MR) is 97.5 cm³/mol. The molecule has 1 aliphatic rings. The van der Waals surface area contributed by atoms with E-state index >= 15 is 0 Å². The summed E-state index contributed by atoms with van der Waals surface area (Å²) in [6.07, 6.45) is 5.48. The minimum atomic E-state index is -0.0481. The number of para-hydroxylation sites is 1. The summed E-state index contributed by atoms with van der Waals surface area (Å²) >= 11 is 0. The molecule has 1 N–H and O–H groups in total. The number of aryl methyl sites for hydroxylation is 1. The fraction of sp³-hybridized carbons (Fsp3) is 0.353. The molecule has 1 fully saturated rings. The number of imidazole rings is 1. The van der Waals surface area contributed by atoms with E-state index in [-0.39, 0.29) is 30.9 Å². The summed E-state index contributed by atoms with van der Waals surface area (Å²) in [7, 11) is 1.96. The molecule has 8 heteroatoms. The molecule has 0 bridgehead atoms. The molecule has 0 spiro atoms. The second-order valence-corrected chi connectivity index (χ2v) is 6.06. The molecule has 0 saturated carbocycles. The van der Waals surface area contributed by atoms with E-state index in [9.17, 15) is 4.79 Å². The van der Waals surface area contributed by atoms with Gasteiger partial charge in [0.2, 0.25) is 5.91 Å². The number of nitrogens with zero attached hydrogens (tertiary/aromatic N) is 5. The number of rotatable bonds is 3. The lowest BCUT2D eigenvalue weighted by atomic mass is 10.1. The number of nitrogens with one attached hydrogen (secondary N) is 1. The first-order valence-corrected chi connectivity index (χ1v) is 8.12. The van der Waals surface area contributed by atoms with Gasteiger partial charge in [0, 0.05) is 44.5 Å². The van der Waals surface area contributed by atoms with Crippen molar-refractivity contribution in [3.63, 3.8) is 0 Å². The number of piperazine rings is 1. The van der Waals surface area contributed by atoms with Crippen molar-refractivity contribution in [1.82, 2.24) is 29.5 Å². The van der Waals surface area contributed by atoms with Gasteiger partial charge in [-0.05, 0) is 6.07 Å². The summed E-state index contributed by atoms with van der Waals surface area (Å²) in [6, 6.07) is 7.89. The molecule has 25 heavy (non-hydrogen) atoms. The standard InChI is InChI=1S/C17H20N6O.ClH/c1-21-8-7-19-17(21)15-11-18-6-9-22(15)16(24)12-23-14-5-3-2-4-13(14)10-20-23;/h2-5,7-8,10,15,18H,6,9,11-12H2,1H3;1H. The van der Waals surface area contributed by atoms with Gasteiger partial charge >= 0.3 is 0 Å². The Balaban J connectivity index is 0.00000182. The van der Waals surface area contributed by atoms with Crippen molar-refractivity contribution >= 4 is 29.2 Å². The van der Waals surface area contributed by atoms with Crippen LogP contribution >= 0.6 is 12.4 Å². The Kier molecular flexibility index (Phi) is 5.06. The van der Waals surface area contributed by atoms with Gasteiger partial charge < -0.3 is 14.8 Å². The van der Waals surface area contributed by atoms with Gasteiger partial charge in [0.25, 0.3) is 0 Å². The van der Waals surface area contributed by atoms with E-state index in [1.54, 1.807) is 17.1 Å². The van der Waals surface area contributed by atoms with Crippen molar-refractivity contribution in [2.75, 3.05) is 19.6 Å². The maximum Gasteiger partial charge on any atom is 0.245 e. The number of carbonyl (C=O) groups excluding carboxylic acids is 1. The van der Waals surface area contributed by atoms with Crippen LogP contribution in [0.2, 0.25) is 0 Å². The SMILES string of the molecule is Cl.Cn1ccnc1C1CNCCN1C(=O)Cn1ncc2ccccc21. The smallest absolute Gasteiger partial charge is 0.245 e. The first kappa shape index (κ1) is 17.4. The van der Waals surface area contributed by atoms with Crippen LogP contribution in [0.5, 0.6) is 0 Å². The number of benzene rings is 1. The second-order valence-electron chi connectivity index (χ2n) is 6.06. The lowest BCUT2D eigenvalue weighted by Crippen LogP contribution is -2.50. The summed E-state index contributed by atoms with van der Waals surface area (Å²) in [6.45, 7) is 2.44. The van der Waals surface area contributed by atoms with Crippen LogP contribution in [0.4, 0.5) is 0 Å². The molecule has 0 radical (unpaired) electrons. The normalized spacial score (nSPS) is 17.5. The molecule has 3 heterocycles. The Hall–Kier alpha value is -2.38. The molecular formula is C17H21ClN6O. The number of hydrogen-bond donors (Lipinski definition) is 1. The summed E-state index contributed by atoms with van der Waals surface area (Å²) in [5, 5.41) is 8.77. The third-order valence-corrected chi connectivity index (χ3v) is 4.56. The lowest BCUT2D eigenvalue weighted by Gasteiger charge is -2.35. The van der Waals surface area contributed by atoms with E-state index in [1.165, 1.54) is 0 Å². The largest absolute Gasteiger partial charge is 0.336 e. The van der Waals surface area contributed by atoms with Crippen molar-refractivity contribution in [2.24, 2.45) is 7.05 Å². The molecule has 1 unspecified atom stereocenters. The van der Waals surface area contributed by atoms with Crippen LogP contribution in [-0.2, 0) is 18.4 Å². The highest BCUT2D eigenvalue weighted by molar-refractivity contribution is 5.85. The quantitative estimate of drug-likeness (QED) is 0.766. The molecule has 1 atom stereocenters. The summed E-state index contributed by atoms with van der Waals surface area (Å²) < 4.78 is 3.75. The number of carbonyl (C=O) groups is 1. The van der Waals surface area contributed by atoms with E-state index < -0.39 is 0 Å². The number of aromatic nitrogens is 4. The average Bonchev–Trinajstić information content (AvgIpc) is 3.21. The van der Waals surface area contributed by atoms with Crippen LogP contribution in [0.3, 0.4) is 0 Å². The van der Waals surface area contributed by atoms with E-state index in [0.29, 0.717) is 6.54 Å². The zero-order valence-electron chi connectivity index (χ0n) is 14.0. The Labute approximate surface area is 152 Å². The summed E-state index contributed by atoms with van der Waals surface area (Å²) in [5.74, 6) is 0.972. The maximum absolute atomic E-state index is 12.9. The highest BCUT2D eigenvalue weighted by Gasteiger charge is 2.30. The van der Waals surface area contributed by atoms with Crippen molar-refractivity contribution in [2.45, 2.75) is 12.6 Å². The van der Waals surface area contributed by atoms with Gasteiger partial charge in [-0.1, -0.05) is 18.2 Å². The number of fused-ring (bicyclic) bond motifs is 1. The van der Waals surface area contributed by atoms with Crippen LogP contribution in [0.15, 0.2) is 42.9 Å². The summed E-state index contributed by atoms with van der Waals surface area (Å²) in [4.78, 5) is 19.3. The van der Waals surface area contributed by atoms with Gasteiger partial charge in [0.05, 0.1) is 11.7 Å². The monoisotopic (exact) mass is 360 g/mol. The Morgan fingerprint density at radius 1 is 1.36 bits per heavy atom. The molecule has 1 aliphatic heterocycles. The summed E-state index contributed by atoms with van der Waals surface area (Å²) in [5.41, 5.74) is 0.981. The Morgan fingerprint density at radius 3 is 3.00 bits per heavy atom. The van der Waals surface area contributed by atoms with Crippen LogP contribution in [-0.4, -0.2) is 49.8 Å². The fourth-order valence-electron chi connectivity index (χ4n) is 3.30. The second kappa shape index (κ2) is 7.25. The fourth-order valence-corrected chi connectivity index (χ4v) is 3.30. The molecule has 4 rings (SSSR count). The molecular weight excluding hydrogens is 340 g/mol. The lowest BCUT2D eigenvalue weighted by molar-refractivity contribution is -0.135. The number of amides is 1. The van der Waals surface area contributed by atoms with Crippen molar-refractivity contribution in [1.29, 1.82) is 0 Å². The van der Waals surface area contributed by atoms with Crippen molar-refractivity contribution in [3.05, 3.63) is 48.7 Å². The molecule has 1 saturated heterocycles. The highest BCUT2D eigenvalue weighted by Crippen LogP contribution is 2.21. The minimum absolute atomic E-state index is 0. The van der Waals surface area contributed by atoms with Gasteiger partial charge in [-0.15, -0.1) is 12.4 Å². The van der Waals surface area contributed by atoms with Crippen LogP contribution in [0.1, 0.15) is 11.9 Å². The molecule has 1 amide bonds.